The summed E-state index contributed by atoms with van der Waals surface area (Å²) in [5.74, 6) is 2.09. The number of aromatic carboxylic acids is 1. The summed E-state index contributed by atoms with van der Waals surface area (Å²) in [6.45, 7) is 3.13. The smallest absolute Gasteiger partial charge is 0.335 e. The van der Waals surface area contributed by atoms with Crippen LogP contribution in [0.2, 0.25) is 0 Å². The summed E-state index contributed by atoms with van der Waals surface area (Å²) in [7, 11) is -3.35. The Morgan fingerprint density at radius 2 is 1.51 bits per heavy atom. The van der Waals surface area contributed by atoms with E-state index in [0.29, 0.717) is 48.3 Å². The van der Waals surface area contributed by atoms with Gasteiger partial charge in [0, 0.05) is 29.2 Å². The molecule has 6 rings (SSSR count). The Labute approximate surface area is 308 Å². The fourth-order valence-corrected chi connectivity index (χ4v) is 6.51. The van der Waals surface area contributed by atoms with E-state index in [1.165, 1.54) is 18.4 Å². The quantitative estimate of drug-likeness (QED) is 0.0658. The molecule has 0 bridgehead atoms. The summed E-state index contributed by atoms with van der Waals surface area (Å²) in [4.78, 5) is 17.4. The van der Waals surface area contributed by atoms with Gasteiger partial charge >= 0.3 is 5.97 Å². The summed E-state index contributed by atoms with van der Waals surface area (Å²) < 4.78 is 42.4. The van der Waals surface area contributed by atoms with Crippen LogP contribution in [-0.2, 0) is 22.7 Å². The van der Waals surface area contributed by atoms with Crippen molar-refractivity contribution in [2.45, 2.75) is 24.7 Å². The maximum Gasteiger partial charge on any atom is 0.335 e. The highest BCUT2D eigenvalue weighted by Gasteiger charge is 2.15. The molecular formula is C42H39NO9S. The van der Waals surface area contributed by atoms with Crippen LogP contribution >= 0.6 is 0 Å². The van der Waals surface area contributed by atoms with Crippen LogP contribution in [0.4, 0.5) is 0 Å². The lowest BCUT2D eigenvalue weighted by Crippen LogP contribution is -2.25. The van der Waals surface area contributed by atoms with E-state index in [-0.39, 0.29) is 22.8 Å². The number of fused-ring (bicyclic) bond motifs is 1. The lowest BCUT2D eigenvalue weighted by Gasteiger charge is -2.16. The molecule has 0 aliphatic rings. The van der Waals surface area contributed by atoms with E-state index in [1.54, 1.807) is 54.6 Å². The van der Waals surface area contributed by atoms with Gasteiger partial charge in [-0.05, 0) is 108 Å². The molecule has 10 nitrogen and oxygen atoms in total. The van der Waals surface area contributed by atoms with Gasteiger partial charge in [0.1, 0.15) is 35.4 Å². The molecule has 3 N–H and O–H groups in total. The number of carboxylic acid groups (broad SMARTS) is 1. The Morgan fingerprint density at radius 3 is 2.25 bits per heavy atom. The zero-order valence-electron chi connectivity index (χ0n) is 29.2. The van der Waals surface area contributed by atoms with Crippen LogP contribution < -0.4 is 24.5 Å². The molecule has 11 heteroatoms. The van der Waals surface area contributed by atoms with Crippen LogP contribution in [0.3, 0.4) is 0 Å². The number of carbonyl (C=O) groups is 1. The van der Waals surface area contributed by atoms with Crippen LogP contribution in [0.15, 0.2) is 126 Å². The van der Waals surface area contributed by atoms with Crippen molar-refractivity contribution in [1.29, 1.82) is 0 Å². The molecule has 0 radical (unpaired) electrons. The zero-order chi connectivity index (χ0) is 37.4. The standard InChI is InChI=1S/C42H39NO9S/c1-3-28-6-5-9-40(52-43-23-25-50-35-8-4-7-31(27-35)42(45)46)37(28)22-24-49-33-14-16-34(17-15-33)51-41-38(20-12-30-26-32(44)13-21-39(30)41)29-10-18-36(19-11-29)53(2,47)48/h4-21,26-27,43-44H,3,22-25H2,1-2H3,(H,45,46). The molecule has 0 heterocycles. The lowest BCUT2D eigenvalue weighted by atomic mass is 9.99. The van der Waals surface area contributed by atoms with E-state index in [4.69, 9.17) is 19.0 Å². The molecule has 0 aromatic heterocycles. The molecule has 53 heavy (non-hydrogen) atoms. The SMILES string of the molecule is CCc1cccc(ONCCOc2cccc(C(=O)O)c2)c1CCOc1ccc(Oc2c(-c3ccc(S(C)(=O)=O)cc3)ccc3cc(O)ccc23)cc1. The van der Waals surface area contributed by atoms with Gasteiger partial charge in [-0.15, -0.1) is 0 Å². The first-order valence-corrected chi connectivity index (χ1v) is 18.9. The highest BCUT2D eigenvalue weighted by Crippen LogP contribution is 2.41. The van der Waals surface area contributed by atoms with Crippen molar-refractivity contribution in [1.82, 2.24) is 5.48 Å². The predicted molar refractivity (Wildman–Crippen MR) is 203 cm³/mol. The Hall–Kier alpha value is -6.04. The van der Waals surface area contributed by atoms with E-state index in [2.05, 4.69) is 18.5 Å². The van der Waals surface area contributed by atoms with Gasteiger partial charge in [-0.3, -0.25) is 0 Å². The molecule has 0 unspecified atom stereocenters. The number of phenolic OH excluding ortho intramolecular Hbond substituents is 1. The first-order valence-electron chi connectivity index (χ1n) is 17.0. The van der Waals surface area contributed by atoms with Crippen LogP contribution in [0.1, 0.15) is 28.4 Å². The number of hydrogen-bond donors (Lipinski definition) is 3. The number of rotatable bonds is 16. The number of aryl methyl sites for hydroxylation is 1. The van der Waals surface area contributed by atoms with Gasteiger partial charge in [0.05, 0.1) is 23.6 Å². The van der Waals surface area contributed by atoms with E-state index in [0.717, 1.165) is 39.4 Å². The first kappa shape index (κ1) is 36.7. The Kier molecular flexibility index (Phi) is 11.5. The van der Waals surface area contributed by atoms with Crippen molar-refractivity contribution in [3.05, 3.63) is 138 Å². The molecule has 272 valence electrons. The highest BCUT2D eigenvalue weighted by molar-refractivity contribution is 7.90. The summed E-state index contributed by atoms with van der Waals surface area (Å²) in [6.07, 6.45) is 2.59. The van der Waals surface area contributed by atoms with Gasteiger partial charge in [0.15, 0.2) is 15.6 Å². The second-order valence-electron chi connectivity index (χ2n) is 12.2. The first-order chi connectivity index (χ1) is 25.6. The average molecular weight is 734 g/mol. The second-order valence-corrected chi connectivity index (χ2v) is 14.3. The monoisotopic (exact) mass is 733 g/mol. The highest BCUT2D eigenvalue weighted by atomic mass is 32.2. The molecule has 0 atom stereocenters. The van der Waals surface area contributed by atoms with Gasteiger partial charge in [-0.2, -0.15) is 5.48 Å². The van der Waals surface area contributed by atoms with Crippen molar-refractivity contribution >= 4 is 26.6 Å². The summed E-state index contributed by atoms with van der Waals surface area (Å²) in [6, 6.07) is 35.1. The molecular weight excluding hydrogens is 695 g/mol. The Morgan fingerprint density at radius 1 is 0.774 bits per heavy atom. The normalized spacial score (nSPS) is 11.3. The lowest BCUT2D eigenvalue weighted by molar-refractivity contribution is 0.0696. The van der Waals surface area contributed by atoms with E-state index >= 15 is 0 Å². The van der Waals surface area contributed by atoms with Gasteiger partial charge in [0.2, 0.25) is 0 Å². The maximum atomic E-state index is 12.0. The number of ether oxygens (including phenoxy) is 3. The third-order valence-corrected chi connectivity index (χ3v) is 9.69. The number of aromatic hydroxyl groups is 1. The Bertz CT molecular complexity index is 2320. The molecule has 6 aromatic carbocycles. The largest absolute Gasteiger partial charge is 0.508 e. The number of carboxylic acids is 1. The van der Waals surface area contributed by atoms with Crippen LogP contribution in [0.5, 0.6) is 34.5 Å². The topological polar surface area (TPSA) is 141 Å². The number of hydroxylamine groups is 1. The fraction of sp³-hybridized carbons (Fsp3) is 0.167. The number of phenols is 1. The molecule has 0 saturated carbocycles. The van der Waals surface area contributed by atoms with E-state index < -0.39 is 15.8 Å². The van der Waals surface area contributed by atoms with Crippen molar-refractivity contribution < 1.29 is 42.5 Å². The minimum absolute atomic E-state index is 0.138. The van der Waals surface area contributed by atoms with Crippen LogP contribution in [0, 0.1) is 0 Å². The summed E-state index contributed by atoms with van der Waals surface area (Å²) in [5, 5.41) is 20.9. The minimum Gasteiger partial charge on any atom is -0.508 e. The molecule has 6 aromatic rings. The average Bonchev–Trinajstić information content (AvgIpc) is 3.15. The van der Waals surface area contributed by atoms with Gasteiger partial charge < -0.3 is 29.3 Å². The van der Waals surface area contributed by atoms with Gasteiger partial charge in [-0.25, -0.2) is 13.2 Å². The predicted octanol–water partition coefficient (Wildman–Crippen LogP) is 8.25. The van der Waals surface area contributed by atoms with E-state index in [9.17, 15) is 23.4 Å². The molecule has 0 spiro atoms. The van der Waals surface area contributed by atoms with Crippen molar-refractivity contribution in [2.24, 2.45) is 0 Å². The maximum absolute atomic E-state index is 12.0. The van der Waals surface area contributed by atoms with Gasteiger partial charge in [0.25, 0.3) is 0 Å². The van der Waals surface area contributed by atoms with Gasteiger partial charge in [-0.1, -0.05) is 43.3 Å². The Balaban J connectivity index is 1.09. The number of nitrogens with one attached hydrogen (secondary N) is 1. The molecule has 0 saturated heterocycles. The van der Waals surface area contributed by atoms with Crippen LogP contribution in [0.25, 0.3) is 21.9 Å². The molecule has 0 fully saturated rings. The second kappa shape index (κ2) is 16.5. The molecule has 0 aliphatic heterocycles. The summed E-state index contributed by atoms with van der Waals surface area (Å²) >= 11 is 0. The fourth-order valence-electron chi connectivity index (χ4n) is 5.88. The van der Waals surface area contributed by atoms with Crippen molar-refractivity contribution in [2.75, 3.05) is 26.0 Å². The number of benzene rings is 6. The number of hydrogen-bond acceptors (Lipinski definition) is 9. The van der Waals surface area contributed by atoms with Crippen molar-refractivity contribution in [3.8, 4) is 45.6 Å². The van der Waals surface area contributed by atoms with E-state index in [1.807, 2.05) is 48.5 Å². The summed E-state index contributed by atoms with van der Waals surface area (Å²) in [5.41, 5.74) is 6.82. The third kappa shape index (κ3) is 9.26. The third-order valence-electron chi connectivity index (χ3n) is 8.56. The number of sulfone groups is 1. The minimum atomic E-state index is -3.35. The van der Waals surface area contributed by atoms with Crippen molar-refractivity contribution in [3.63, 3.8) is 0 Å². The molecule has 0 aliphatic carbocycles. The molecule has 0 amide bonds. The zero-order valence-corrected chi connectivity index (χ0v) is 30.1. The van der Waals surface area contributed by atoms with Crippen LogP contribution in [-0.4, -0.2) is 50.6 Å².